The molecule has 0 saturated heterocycles. The minimum Gasteiger partial charge on any atom is -0.497 e. The van der Waals surface area contributed by atoms with Gasteiger partial charge in [-0.2, -0.15) is 8.42 Å². The molecule has 0 radical (unpaired) electrons. The molecule has 3 rings (SSSR count). The van der Waals surface area contributed by atoms with Gasteiger partial charge in [-0.1, -0.05) is 30.3 Å². The molecule has 0 spiro atoms. The van der Waals surface area contributed by atoms with Crippen molar-refractivity contribution in [1.29, 1.82) is 0 Å². The minimum atomic E-state index is -4.09. The Morgan fingerprint density at radius 3 is 2.44 bits per heavy atom. The molecule has 0 saturated carbocycles. The van der Waals surface area contributed by atoms with Crippen molar-refractivity contribution in [2.45, 2.75) is 19.0 Å². The Bertz CT molecular complexity index is 877. The van der Waals surface area contributed by atoms with Crippen molar-refractivity contribution in [3.63, 3.8) is 0 Å². The van der Waals surface area contributed by atoms with Crippen molar-refractivity contribution >= 4 is 16.0 Å². The molecule has 0 aliphatic carbocycles. The van der Waals surface area contributed by atoms with Crippen LogP contribution in [0.5, 0.6) is 5.75 Å². The largest absolute Gasteiger partial charge is 0.497 e. The highest BCUT2D eigenvalue weighted by molar-refractivity contribution is 7.85. The number of ether oxygens (including phenoxy) is 1. The molecule has 1 unspecified atom stereocenters. The molecule has 2 aromatic rings. The van der Waals surface area contributed by atoms with E-state index in [9.17, 15) is 13.2 Å². The maximum atomic E-state index is 12.7. The van der Waals surface area contributed by atoms with Crippen LogP contribution in [0.4, 0.5) is 0 Å². The predicted molar refractivity (Wildman–Crippen MR) is 93.1 cm³/mol. The molecule has 25 heavy (non-hydrogen) atoms. The zero-order chi connectivity index (χ0) is 18.0. The van der Waals surface area contributed by atoms with Gasteiger partial charge < -0.3 is 9.64 Å². The summed E-state index contributed by atoms with van der Waals surface area (Å²) in [5, 5.41) is 0. The van der Waals surface area contributed by atoms with Crippen LogP contribution >= 0.6 is 0 Å². The topological polar surface area (TPSA) is 83.9 Å². The van der Waals surface area contributed by atoms with Gasteiger partial charge in [-0.25, -0.2) is 0 Å². The lowest BCUT2D eigenvalue weighted by atomic mass is 10.0. The molecule has 1 aliphatic rings. The molecule has 7 heteroatoms. The van der Waals surface area contributed by atoms with Crippen molar-refractivity contribution in [2.24, 2.45) is 0 Å². The summed E-state index contributed by atoms with van der Waals surface area (Å²) in [7, 11) is -2.51. The molecular weight excluding hydrogens is 342 g/mol. The van der Waals surface area contributed by atoms with Crippen LogP contribution in [-0.4, -0.2) is 36.6 Å². The van der Waals surface area contributed by atoms with Crippen molar-refractivity contribution in [2.75, 3.05) is 12.9 Å². The first-order valence-corrected chi connectivity index (χ1v) is 9.48. The molecule has 0 aromatic heterocycles. The van der Waals surface area contributed by atoms with E-state index in [-0.39, 0.29) is 18.4 Å². The van der Waals surface area contributed by atoms with E-state index in [1.807, 2.05) is 36.4 Å². The van der Waals surface area contributed by atoms with Crippen LogP contribution in [0.15, 0.2) is 48.5 Å². The van der Waals surface area contributed by atoms with E-state index in [1.54, 1.807) is 24.1 Å². The van der Waals surface area contributed by atoms with Crippen LogP contribution in [0.25, 0.3) is 0 Å². The van der Waals surface area contributed by atoms with E-state index in [2.05, 4.69) is 0 Å². The molecule has 2 aromatic carbocycles. The first-order chi connectivity index (χ1) is 11.9. The van der Waals surface area contributed by atoms with Gasteiger partial charge >= 0.3 is 0 Å². The monoisotopic (exact) mass is 361 g/mol. The van der Waals surface area contributed by atoms with Gasteiger partial charge in [0.2, 0.25) is 0 Å². The van der Waals surface area contributed by atoms with Crippen LogP contribution in [0.1, 0.15) is 33.9 Å². The lowest BCUT2D eigenvalue weighted by molar-refractivity contribution is 0.0706. The summed E-state index contributed by atoms with van der Waals surface area (Å²) >= 11 is 0. The summed E-state index contributed by atoms with van der Waals surface area (Å²) in [6.07, 6.45) is 0.151. The Balaban J connectivity index is 1.88. The fraction of sp³-hybridized carbons (Fsp3) is 0.278. The lowest BCUT2D eigenvalue weighted by Gasteiger charge is -2.25. The maximum Gasteiger partial charge on any atom is 0.264 e. The Morgan fingerprint density at radius 2 is 1.80 bits per heavy atom. The molecular formula is C18H19NO5S. The number of nitrogens with zero attached hydrogens (tertiary/aromatic N) is 1. The molecule has 1 heterocycles. The minimum absolute atomic E-state index is 0.133. The normalized spacial score (nSPS) is 16.8. The summed E-state index contributed by atoms with van der Waals surface area (Å²) in [4.78, 5) is 14.4. The predicted octanol–water partition coefficient (Wildman–Crippen LogP) is 2.67. The molecule has 6 nitrogen and oxygen atoms in total. The van der Waals surface area contributed by atoms with Gasteiger partial charge in [-0.05, 0) is 35.7 Å². The quantitative estimate of drug-likeness (QED) is 0.800. The van der Waals surface area contributed by atoms with Crippen molar-refractivity contribution in [3.8, 4) is 5.75 Å². The van der Waals surface area contributed by atoms with E-state index < -0.39 is 15.9 Å². The number of rotatable bonds is 6. The average Bonchev–Trinajstić information content (AvgIpc) is 2.85. The van der Waals surface area contributed by atoms with Crippen LogP contribution in [-0.2, 0) is 16.7 Å². The third-order valence-electron chi connectivity index (χ3n) is 4.35. The third kappa shape index (κ3) is 3.83. The zero-order valence-corrected chi connectivity index (χ0v) is 14.6. The van der Waals surface area contributed by atoms with Crippen LogP contribution in [0, 0.1) is 0 Å². The number of hydrogen-bond donors (Lipinski definition) is 1. The Kier molecular flexibility index (Phi) is 4.78. The number of hydrogen-bond acceptors (Lipinski definition) is 4. The Labute approximate surface area is 146 Å². The SMILES string of the molecule is COc1ccc(CN2C(=O)c3ccccc3C2CCS(=O)(=O)O)cc1. The van der Waals surface area contributed by atoms with E-state index in [1.165, 1.54) is 0 Å². The first-order valence-electron chi connectivity index (χ1n) is 7.87. The summed E-state index contributed by atoms with van der Waals surface area (Å²) in [6.45, 7) is 0.355. The van der Waals surface area contributed by atoms with Crippen molar-refractivity contribution in [3.05, 3.63) is 65.2 Å². The van der Waals surface area contributed by atoms with E-state index in [0.29, 0.717) is 12.1 Å². The molecule has 1 atom stereocenters. The molecule has 1 N–H and O–H groups in total. The van der Waals surface area contributed by atoms with E-state index in [4.69, 9.17) is 9.29 Å². The second-order valence-electron chi connectivity index (χ2n) is 5.96. The smallest absolute Gasteiger partial charge is 0.264 e. The van der Waals surface area contributed by atoms with Gasteiger partial charge in [-0.3, -0.25) is 9.35 Å². The molecule has 1 amide bonds. The van der Waals surface area contributed by atoms with E-state index >= 15 is 0 Å². The fourth-order valence-corrected chi connectivity index (χ4v) is 3.65. The van der Waals surface area contributed by atoms with Crippen LogP contribution in [0.2, 0.25) is 0 Å². The van der Waals surface area contributed by atoms with Crippen molar-refractivity contribution in [1.82, 2.24) is 4.90 Å². The van der Waals surface area contributed by atoms with Gasteiger partial charge in [0.15, 0.2) is 0 Å². The van der Waals surface area contributed by atoms with E-state index in [0.717, 1.165) is 16.9 Å². The summed E-state index contributed by atoms with van der Waals surface area (Å²) in [6, 6.07) is 14.2. The standard InChI is InChI=1S/C18H19NO5S/c1-24-14-8-6-13(7-9-14)12-19-17(10-11-25(21,22)23)15-4-2-3-5-16(15)18(19)20/h2-9,17H,10-12H2,1H3,(H,21,22,23). The second-order valence-corrected chi connectivity index (χ2v) is 7.53. The zero-order valence-electron chi connectivity index (χ0n) is 13.8. The third-order valence-corrected chi connectivity index (χ3v) is 5.10. The van der Waals surface area contributed by atoms with Crippen LogP contribution < -0.4 is 4.74 Å². The summed E-state index contributed by atoms with van der Waals surface area (Å²) in [5.74, 6) is 0.202. The van der Waals surface area contributed by atoms with Gasteiger partial charge in [0.1, 0.15) is 5.75 Å². The molecule has 132 valence electrons. The number of fused-ring (bicyclic) bond motifs is 1. The fourth-order valence-electron chi connectivity index (χ4n) is 3.13. The van der Waals surface area contributed by atoms with Gasteiger partial charge in [0.05, 0.1) is 18.9 Å². The maximum absolute atomic E-state index is 12.7. The number of methoxy groups -OCH3 is 1. The number of carbonyl (C=O) groups is 1. The molecule has 0 bridgehead atoms. The highest BCUT2D eigenvalue weighted by Crippen LogP contribution is 2.37. The Hall–Kier alpha value is -2.38. The summed E-state index contributed by atoms with van der Waals surface area (Å²) < 4.78 is 36.5. The highest BCUT2D eigenvalue weighted by atomic mass is 32.2. The number of amides is 1. The van der Waals surface area contributed by atoms with Gasteiger partial charge in [0.25, 0.3) is 16.0 Å². The summed E-state index contributed by atoms with van der Waals surface area (Å²) in [5.41, 5.74) is 2.29. The van der Waals surface area contributed by atoms with Crippen LogP contribution in [0.3, 0.4) is 0 Å². The average molecular weight is 361 g/mol. The lowest BCUT2D eigenvalue weighted by Crippen LogP contribution is -2.28. The van der Waals surface area contributed by atoms with Gasteiger partial charge in [0, 0.05) is 12.1 Å². The molecule has 0 fully saturated rings. The number of carbonyl (C=O) groups excluding carboxylic acids is 1. The second kappa shape index (κ2) is 6.85. The first kappa shape index (κ1) is 17.4. The van der Waals surface area contributed by atoms with Crippen molar-refractivity contribution < 1.29 is 22.5 Å². The Morgan fingerprint density at radius 1 is 1.12 bits per heavy atom. The van der Waals surface area contributed by atoms with Gasteiger partial charge in [-0.15, -0.1) is 0 Å². The molecule has 1 aliphatic heterocycles. The number of benzene rings is 2. The highest BCUT2D eigenvalue weighted by Gasteiger charge is 2.36.